The number of aryl methyl sites for hydroxylation is 1. The third-order valence-electron chi connectivity index (χ3n) is 2.57. The molecule has 0 aromatic carbocycles. The average molecular weight is 305 g/mol. The largest absolute Gasteiger partial charge is 0.474 e. The lowest BCUT2D eigenvalue weighted by Crippen LogP contribution is -2.10. The van der Waals surface area contributed by atoms with Gasteiger partial charge in [-0.3, -0.25) is 0 Å². The SMILES string of the molecule is COCCCOCCOc1nc(Cl)nc2c1SCC2. The summed E-state index contributed by atoms with van der Waals surface area (Å²) in [6.45, 7) is 2.39. The molecule has 5 nitrogen and oxygen atoms in total. The minimum atomic E-state index is 0.247. The van der Waals surface area contributed by atoms with Crippen LogP contribution in [-0.4, -0.2) is 49.3 Å². The smallest absolute Gasteiger partial charge is 0.232 e. The fraction of sp³-hybridized carbons (Fsp3) is 0.667. The van der Waals surface area contributed by atoms with E-state index in [1.54, 1.807) is 18.9 Å². The molecule has 1 aromatic heterocycles. The molecule has 0 fully saturated rings. The Bertz CT molecular complexity index is 420. The number of rotatable bonds is 8. The van der Waals surface area contributed by atoms with Crippen molar-refractivity contribution in [1.82, 2.24) is 9.97 Å². The first-order chi connectivity index (χ1) is 9.31. The Balaban J connectivity index is 1.74. The van der Waals surface area contributed by atoms with Crippen LogP contribution in [0.3, 0.4) is 0 Å². The van der Waals surface area contributed by atoms with E-state index >= 15 is 0 Å². The summed E-state index contributed by atoms with van der Waals surface area (Å²) >= 11 is 7.58. The van der Waals surface area contributed by atoms with Crippen molar-refractivity contribution in [3.8, 4) is 5.88 Å². The average Bonchev–Trinajstić information content (AvgIpc) is 2.85. The number of nitrogens with zero attached hydrogens (tertiary/aromatic N) is 2. The second-order valence-electron chi connectivity index (χ2n) is 3.98. The number of halogens is 1. The highest BCUT2D eigenvalue weighted by Gasteiger charge is 2.20. The first-order valence-electron chi connectivity index (χ1n) is 6.20. The monoisotopic (exact) mass is 304 g/mol. The highest BCUT2D eigenvalue weighted by molar-refractivity contribution is 7.99. The maximum Gasteiger partial charge on any atom is 0.232 e. The molecule has 0 radical (unpaired) electrons. The van der Waals surface area contributed by atoms with Crippen molar-refractivity contribution >= 4 is 23.4 Å². The number of fused-ring (bicyclic) bond motifs is 1. The van der Waals surface area contributed by atoms with Gasteiger partial charge in [0.1, 0.15) is 6.61 Å². The number of ether oxygens (including phenoxy) is 3. The van der Waals surface area contributed by atoms with Gasteiger partial charge in [0.25, 0.3) is 0 Å². The highest BCUT2D eigenvalue weighted by Crippen LogP contribution is 2.37. The van der Waals surface area contributed by atoms with E-state index in [2.05, 4.69) is 9.97 Å². The van der Waals surface area contributed by atoms with Crippen molar-refractivity contribution in [2.45, 2.75) is 17.7 Å². The summed E-state index contributed by atoms with van der Waals surface area (Å²) in [7, 11) is 1.68. The van der Waals surface area contributed by atoms with Crippen LogP contribution in [-0.2, 0) is 15.9 Å². The van der Waals surface area contributed by atoms with Crippen molar-refractivity contribution in [3.63, 3.8) is 0 Å². The number of aromatic nitrogens is 2. The summed E-state index contributed by atoms with van der Waals surface area (Å²) in [5.74, 6) is 1.59. The zero-order chi connectivity index (χ0) is 13.5. The summed E-state index contributed by atoms with van der Waals surface area (Å²) in [6, 6.07) is 0. The standard InChI is InChI=1S/C12H17ClN2O3S/c1-16-4-2-5-17-6-7-18-11-10-9(3-8-19-10)14-12(13)15-11/h2-8H2,1H3. The molecular formula is C12H17ClN2O3S. The predicted molar refractivity (Wildman–Crippen MR) is 74.3 cm³/mol. The minimum absolute atomic E-state index is 0.247. The molecule has 0 amide bonds. The number of thioether (sulfide) groups is 1. The van der Waals surface area contributed by atoms with Gasteiger partial charge in [-0.25, -0.2) is 4.98 Å². The van der Waals surface area contributed by atoms with E-state index < -0.39 is 0 Å². The lowest BCUT2D eigenvalue weighted by atomic mass is 10.3. The molecule has 106 valence electrons. The predicted octanol–water partition coefficient (Wildman–Crippen LogP) is 2.21. The van der Waals surface area contributed by atoms with Gasteiger partial charge in [0.15, 0.2) is 0 Å². The molecule has 19 heavy (non-hydrogen) atoms. The van der Waals surface area contributed by atoms with Crippen molar-refractivity contribution in [2.75, 3.05) is 39.3 Å². The van der Waals surface area contributed by atoms with Crippen LogP contribution in [0.1, 0.15) is 12.1 Å². The molecule has 0 atom stereocenters. The van der Waals surface area contributed by atoms with Gasteiger partial charge < -0.3 is 14.2 Å². The van der Waals surface area contributed by atoms with E-state index in [9.17, 15) is 0 Å². The van der Waals surface area contributed by atoms with Gasteiger partial charge in [-0.15, -0.1) is 11.8 Å². The fourth-order valence-corrected chi connectivity index (χ4v) is 2.93. The lowest BCUT2D eigenvalue weighted by molar-refractivity contribution is 0.0787. The van der Waals surface area contributed by atoms with Crippen LogP contribution in [0.2, 0.25) is 5.28 Å². The van der Waals surface area contributed by atoms with E-state index in [0.717, 1.165) is 29.2 Å². The topological polar surface area (TPSA) is 53.5 Å². The van der Waals surface area contributed by atoms with Crippen LogP contribution in [0.25, 0.3) is 0 Å². The second-order valence-corrected chi connectivity index (χ2v) is 5.42. The summed E-state index contributed by atoms with van der Waals surface area (Å²) in [4.78, 5) is 9.35. The van der Waals surface area contributed by atoms with E-state index in [4.69, 9.17) is 25.8 Å². The number of hydrogen-bond donors (Lipinski definition) is 0. The van der Waals surface area contributed by atoms with Crippen LogP contribution in [0, 0.1) is 0 Å². The van der Waals surface area contributed by atoms with Crippen LogP contribution in [0.15, 0.2) is 4.90 Å². The Kier molecular flexibility index (Phi) is 6.16. The van der Waals surface area contributed by atoms with Gasteiger partial charge in [0, 0.05) is 32.5 Å². The molecule has 0 saturated heterocycles. The van der Waals surface area contributed by atoms with Gasteiger partial charge >= 0.3 is 0 Å². The number of hydrogen-bond acceptors (Lipinski definition) is 6. The van der Waals surface area contributed by atoms with Gasteiger partial charge in [-0.1, -0.05) is 0 Å². The van der Waals surface area contributed by atoms with Crippen molar-refractivity contribution in [3.05, 3.63) is 11.0 Å². The van der Waals surface area contributed by atoms with Crippen molar-refractivity contribution in [2.24, 2.45) is 0 Å². The molecule has 0 bridgehead atoms. The van der Waals surface area contributed by atoms with Crippen LogP contribution in [0.4, 0.5) is 0 Å². The van der Waals surface area contributed by atoms with Crippen LogP contribution >= 0.6 is 23.4 Å². The van der Waals surface area contributed by atoms with E-state index in [-0.39, 0.29) is 5.28 Å². The Hall–Kier alpha value is -0.560. The third-order valence-corrected chi connectivity index (χ3v) is 3.84. The molecule has 0 aliphatic carbocycles. The quantitative estimate of drug-likeness (QED) is 0.542. The Morgan fingerprint density at radius 3 is 2.95 bits per heavy atom. The van der Waals surface area contributed by atoms with E-state index in [1.165, 1.54) is 0 Å². The van der Waals surface area contributed by atoms with E-state index in [1.807, 2.05) is 0 Å². The van der Waals surface area contributed by atoms with Gasteiger partial charge in [0.2, 0.25) is 11.2 Å². The maximum absolute atomic E-state index is 5.87. The molecule has 7 heteroatoms. The van der Waals surface area contributed by atoms with Gasteiger partial charge in [-0.05, 0) is 18.0 Å². The normalized spacial score (nSPS) is 13.6. The zero-order valence-corrected chi connectivity index (χ0v) is 12.4. The first-order valence-corrected chi connectivity index (χ1v) is 7.56. The van der Waals surface area contributed by atoms with Crippen molar-refractivity contribution in [1.29, 1.82) is 0 Å². The van der Waals surface area contributed by atoms with E-state index in [0.29, 0.717) is 32.3 Å². The summed E-state index contributed by atoms with van der Waals surface area (Å²) in [5.41, 5.74) is 0.987. The molecule has 1 aliphatic rings. The lowest BCUT2D eigenvalue weighted by Gasteiger charge is -2.09. The molecule has 0 spiro atoms. The van der Waals surface area contributed by atoms with Crippen LogP contribution < -0.4 is 4.74 Å². The molecule has 2 heterocycles. The van der Waals surface area contributed by atoms with Crippen LogP contribution in [0.5, 0.6) is 5.88 Å². The number of methoxy groups -OCH3 is 1. The third kappa shape index (κ3) is 4.49. The molecule has 0 saturated carbocycles. The maximum atomic E-state index is 5.87. The molecular weight excluding hydrogens is 288 g/mol. The Morgan fingerprint density at radius 2 is 2.11 bits per heavy atom. The fourth-order valence-electron chi connectivity index (χ4n) is 1.71. The second kappa shape index (κ2) is 7.89. The molecule has 1 aliphatic heterocycles. The minimum Gasteiger partial charge on any atom is -0.474 e. The van der Waals surface area contributed by atoms with Crippen molar-refractivity contribution < 1.29 is 14.2 Å². The molecule has 1 aromatic rings. The Morgan fingerprint density at radius 1 is 1.21 bits per heavy atom. The molecule has 2 rings (SSSR count). The molecule has 0 unspecified atom stereocenters. The molecule has 0 N–H and O–H groups in total. The summed E-state index contributed by atoms with van der Waals surface area (Å²) in [6.07, 6.45) is 1.81. The van der Waals surface area contributed by atoms with Gasteiger partial charge in [-0.2, -0.15) is 4.98 Å². The summed E-state index contributed by atoms with van der Waals surface area (Å²) < 4.78 is 16.0. The summed E-state index contributed by atoms with van der Waals surface area (Å²) in [5, 5.41) is 0.247. The van der Waals surface area contributed by atoms with Gasteiger partial charge in [0.05, 0.1) is 17.2 Å². The zero-order valence-electron chi connectivity index (χ0n) is 10.9. The Labute approximate surface area is 122 Å². The highest BCUT2D eigenvalue weighted by atomic mass is 35.5. The first kappa shape index (κ1) is 14.8.